The van der Waals surface area contributed by atoms with Crippen LogP contribution in [0.25, 0.3) is 21.9 Å². The van der Waals surface area contributed by atoms with Gasteiger partial charge in [0, 0.05) is 20.5 Å². The summed E-state index contributed by atoms with van der Waals surface area (Å²) >= 11 is 11.3. The highest BCUT2D eigenvalue weighted by Crippen LogP contribution is 2.42. The van der Waals surface area contributed by atoms with Gasteiger partial charge in [0.1, 0.15) is 5.82 Å². The van der Waals surface area contributed by atoms with Crippen LogP contribution in [0.1, 0.15) is 0 Å². The lowest BCUT2D eigenvalue weighted by Gasteiger charge is -2.14. The molecule has 0 saturated carbocycles. The lowest BCUT2D eigenvalue weighted by molar-refractivity contribution is 0.630. The zero-order valence-corrected chi connectivity index (χ0v) is 14.3. The molecule has 0 amide bonds. The number of halogens is 3. The van der Waals surface area contributed by atoms with Crippen molar-refractivity contribution in [3.8, 4) is 11.1 Å². The maximum Gasteiger partial charge on any atom is 0.132 e. The van der Waals surface area contributed by atoms with Gasteiger partial charge in [0.15, 0.2) is 0 Å². The Hall–Kier alpha value is -1.03. The molecular formula is C17H11BrClFS. The summed E-state index contributed by atoms with van der Waals surface area (Å²) < 4.78 is 15.0. The fraction of sp³-hybridized carbons (Fsp3) is 0.0588. The SMILES string of the molecule is CSc1c(-c2ccc(Br)cc2F)c(Cl)cc2ccccc12. The fourth-order valence-corrected chi connectivity index (χ4v) is 3.97. The Labute approximate surface area is 140 Å². The molecule has 3 aromatic rings. The maximum atomic E-state index is 14.3. The van der Waals surface area contributed by atoms with Crippen LogP contribution < -0.4 is 0 Å². The van der Waals surface area contributed by atoms with Crippen molar-refractivity contribution >= 4 is 50.1 Å². The first kappa shape index (κ1) is 14.9. The third kappa shape index (κ3) is 2.70. The molecule has 0 atom stereocenters. The summed E-state index contributed by atoms with van der Waals surface area (Å²) in [6.07, 6.45) is 1.98. The van der Waals surface area contributed by atoms with Gasteiger partial charge in [-0.25, -0.2) is 4.39 Å². The Morgan fingerprint density at radius 1 is 1.10 bits per heavy atom. The molecule has 0 unspecified atom stereocenters. The standard InChI is InChI=1S/C17H11BrClFS/c1-21-17-12-5-3-2-4-10(12)8-14(19)16(17)13-7-6-11(18)9-15(13)20/h2-9H,1H3. The van der Waals surface area contributed by atoms with Gasteiger partial charge in [0.25, 0.3) is 0 Å². The second-order valence-electron chi connectivity index (χ2n) is 4.61. The molecule has 0 nitrogen and oxygen atoms in total. The van der Waals surface area contributed by atoms with E-state index in [1.165, 1.54) is 6.07 Å². The van der Waals surface area contributed by atoms with E-state index in [-0.39, 0.29) is 5.82 Å². The topological polar surface area (TPSA) is 0 Å². The van der Waals surface area contributed by atoms with Crippen LogP contribution in [-0.4, -0.2) is 6.26 Å². The van der Waals surface area contributed by atoms with Gasteiger partial charge < -0.3 is 0 Å². The van der Waals surface area contributed by atoms with Crippen molar-refractivity contribution in [2.24, 2.45) is 0 Å². The summed E-state index contributed by atoms with van der Waals surface area (Å²) in [5.74, 6) is -0.281. The highest BCUT2D eigenvalue weighted by Gasteiger charge is 2.16. The van der Waals surface area contributed by atoms with Crippen molar-refractivity contribution in [3.63, 3.8) is 0 Å². The van der Waals surface area contributed by atoms with E-state index in [2.05, 4.69) is 15.9 Å². The summed E-state index contributed by atoms with van der Waals surface area (Å²) in [4.78, 5) is 0.999. The minimum Gasteiger partial charge on any atom is -0.206 e. The lowest BCUT2D eigenvalue weighted by atomic mass is 10.0. The summed E-state index contributed by atoms with van der Waals surface area (Å²) in [6.45, 7) is 0. The van der Waals surface area contributed by atoms with Crippen LogP contribution in [0.2, 0.25) is 5.02 Å². The van der Waals surface area contributed by atoms with Crippen LogP contribution in [0.5, 0.6) is 0 Å². The van der Waals surface area contributed by atoms with Crippen LogP contribution in [0.15, 0.2) is 57.9 Å². The van der Waals surface area contributed by atoms with E-state index in [9.17, 15) is 4.39 Å². The van der Waals surface area contributed by atoms with E-state index < -0.39 is 0 Å². The number of fused-ring (bicyclic) bond motifs is 1. The van der Waals surface area contributed by atoms with E-state index in [0.717, 1.165) is 21.2 Å². The molecule has 106 valence electrons. The van der Waals surface area contributed by atoms with Crippen molar-refractivity contribution in [2.45, 2.75) is 4.90 Å². The summed E-state index contributed by atoms with van der Waals surface area (Å²) in [5, 5.41) is 2.72. The van der Waals surface area contributed by atoms with Crippen molar-refractivity contribution in [2.75, 3.05) is 6.26 Å². The molecule has 0 bridgehead atoms. The molecule has 4 heteroatoms. The minimum atomic E-state index is -0.281. The molecule has 21 heavy (non-hydrogen) atoms. The molecule has 3 rings (SSSR count). The fourth-order valence-electron chi connectivity index (χ4n) is 2.44. The molecule has 0 aliphatic carbocycles. The van der Waals surface area contributed by atoms with Crippen LogP contribution in [-0.2, 0) is 0 Å². The maximum absolute atomic E-state index is 14.3. The van der Waals surface area contributed by atoms with Crippen LogP contribution in [0.3, 0.4) is 0 Å². The van der Waals surface area contributed by atoms with Gasteiger partial charge in [-0.15, -0.1) is 11.8 Å². The second kappa shape index (κ2) is 5.99. The predicted octanol–water partition coefficient (Wildman–Crippen LogP) is 6.78. The van der Waals surface area contributed by atoms with Gasteiger partial charge in [-0.1, -0.05) is 57.9 Å². The van der Waals surface area contributed by atoms with Crippen molar-refractivity contribution < 1.29 is 4.39 Å². The molecular weight excluding hydrogens is 371 g/mol. The van der Waals surface area contributed by atoms with Crippen LogP contribution >= 0.6 is 39.3 Å². The van der Waals surface area contributed by atoms with Gasteiger partial charge in [-0.05, 0) is 35.2 Å². The molecule has 0 N–H and O–H groups in total. The Morgan fingerprint density at radius 3 is 2.57 bits per heavy atom. The molecule has 0 aliphatic heterocycles. The zero-order valence-electron chi connectivity index (χ0n) is 11.2. The molecule has 0 aliphatic rings. The lowest BCUT2D eigenvalue weighted by Crippen LogP contribution is -1.90. The quantitative estimate of drug-likeness (QED) is 0.441. The zero-order chi connectivity index (χ0) is 15.0. The molecule has 0 aromatic heterocycles. The van der Waals surface area contributed by atoms with Crippen LogP contribution in [0.4, 0.5) is 4.39 Å². The molecule has 0 fully saturated rings. The normalized spacial score (nSPS) is 11.0. The summed E-state index contributed by atoms with van der Waals surface area (Å²) in [6, 6.07) is 15.0. The molecule has 0 spiro atoms. The highest BCUT2D eigenvalue weighted by molar-refractivity contribution is 9.10. The number of thioether (sulfide) groups is 1. The van der Waals surface area contributed by atoms with Gasteiger partial charge >= 0.3 is 0 Å². The predicted molar refractivity (Wildman–Crippen MR) is 93.8 cm³/mol. The number of hydrogen-bond donors (Lipinski definition) is 0. The Kier molecular flexibility index (Phi) is 4.25. The van der Waals surface area contributed by atoms with E-state index in [4.69, 9.17) is 11.6 Å². The number of benzene rings is 3. The van der Waals surface area contributed by atoms with Gasteiger partial charge in [-0.2, -0.15) is 0 Å². The van der Waals surface area contributed by atoms with E-state index in [0.29, 0.717) is 15.1 Å². The minimum absolute atomic E-state index is 0.281. The Balaban J connectivity index is 2.38. The summed E-state index contributed by atoms with van der Waals surface area (Å²) in [7, 11) is 0. The smallest absolute Gasteiger partial charge is 0.132 e. The van der Waals surface area contributed by atoms with Gasteiger partial charge in [0.05, 0.1) is 5.02 Å². The summed E-state index contributed by atoms with van der Waals surface area (Å²) in [5.41, 5.74) is 1.28. The largest absolute Gasteiger partial charge is 0.206 e. The van der Waals surface area contributed by atoms with Gasteiger partial charge in [-0.3, -0.25) is 0 Å². The van der Waals surface area contributed by atoms with Crippen molar-refractivity contribution in [3.05, 3.63) is 63.8 Å². The Bertz CT molecular complexity index is 832. The first-order valence-corrected chi connectivity index (χ1v) is 8.72. The monoisotopic (exact) mass is 380 g/mol. The first-order valence-electron chi connectivity index (χ1n) is 6.32. The second-order valence-corrected chi connectivity index (χ2v) is 6.75. The van der Waals surface area contributed by atoms with Crippen LogP contribution in [0, 0.1) is 5.82 Å². The number of hydrogen-bond acceptors (Lipinski definition) is 1. The van der Waals surface area contributed by atoms with Crippen molar-refractivity contribution in [1.29, 1.82) is 0 Å². The molecule has 0 saturated heterocycles. The van der Waals surface area contributed by atoms with E-state index in [1.54, 1.807) is 17.8 Å². The third-order valence-electron chi connectivity index (χ3n) is 3.36. The van der Waals surface area contributed by atoms with E-state index >= 15 is 0 Å². The molecule has 0 heterocycles. The number of rotatable bonds is 2. The average molecular weight is 382 g/mol. The van der Waals surface area contributed by atoms with E-state index in [1.807, 2.05) is 42.7 Å². The highest BCUT2D eigenvalue weighted by atomic mass is 79.9. The average Bonchev–Trinajstić information content (AvgIpc) is 2.46. The van der Waals surface area contributed by atoms with Crippen molar-refractivity contribution in [1.82, 2.24) is 0 Å². The molecule has 0 radical (unpaired) electrons. The van der Waals surface area contributed by atoms with Gasteiger partial charge in [0.2, 0.25) is 0 Å². The first-order chi connectivity index (χ1) is 10.1. The molecule has 3 aromatic carbocycles. The Morgan fingerprint density at radius 2 is 1.86 bits per heavy atom. The third-order valence-corrected chi connectivity index (χ3v) is 4.98.